The SMILES string of the molecule is Cn1ccn2ncc(C(=O)N3CC[C@@]4(CCCNC4)C3)c12. The summed E-state index contributed by atoms with van der Waals surface area (Å²) in [6.45, 7) is 3.90. The van der Waals surface area contributed by atoms with Crippen molar-refractivity contribution in [2.75, 3.05) is 26.2 Å². The third-order valence-corrected chi connectivity index (χ3v) is 5.05. The number of imidazole rings is 1. The van der Waals surface area contributed by atoms with Crippen molar-refractivity contribution in [3.8, 4) is 0 Å². The van der Waals surface area contributed by atoms with Crippen LogP contribution in [-0.2, 0) is 7.05 Å². The Morgan fingerprint density at radius 2 is 2.29 bits per heavy atom. The largest absolute Gasteiger partial charge is 0.338 e. The first-order valence-corrected chi connectivity index (χ1v) is 7.67. The van der Waals surface area contributed by atoms with Gasteiger partial charge in [-0.15, -0.1) is 0 Å². The normalized spacial score (nSPS) is 26.0. The number of amides is 1. The molecule has 2 aromatic rings. The Hall–Kier alpha value is -1.82. The van der Waals surface area contributed by atoms with Crippen LogP contribution in [0.4, 0.5) is 0 Å². The van der Waals surface area contributed by atoms with E-state index in [2.05, 4.69) is 10.4 Å². The molecule has 2 saturated heterocycles. The molecule has 0 saturated carbocycles. The zero-order valence-corrected chi connectivity index (χ0v) is 12.4. The lowest BCUT2D eigenvalue weighted by atomic mass is 9.80. The number of rotatable bonds is 1. The van der Waals surface area contributed by atoms with Crippen LogP contribution in [-0.4, -0.2) is 51.2 Å². The van der Waals surface area contributed by atoms with Crippen LogP contribution in [0.2, 0.25) is 0 Å². The summed E-state index contributed by atoms with van der Waals surface area (Å²) in [5.41, 5.74) is 1.89. The molecule has 4 rings (SSSR count). The van der Waals surface area contributed by atoms with Crippen LogP contribution in [0.1, 0.15) is 29.6 Å². The second-order valence-electron chi connectivity index (χ2n) is 6.49. The number of carbonyl (C=O) groups excluding carboxylic acids is 1. The van der Waals surface area contributed by atoms with Gasteiger partial charge in [0.1, 0.15) is 11.2 Å². The van der Waals surface area contributed by atoms with Gasteiger partial charge in [0, 0.05) is 44.5 Å². The molecule has 1 spiro atoms. The Morgan fingerprint density at radius 1 is 1.38 bits per heavy atom. The molecule has 2 aliphatic rings. The summed E-state index contributed by atoms with van der Waals surface area (Å²) < 4.78 is 3.72. The van der Waals surface area contributed by atoms with Crippen LogP contribution < -0.4 is 5.32 Å². The van der Waals surface area contributed by atoms with E-state index in [0.29, 0.717) is 11.0 Å². The van der Waals surface area contributed by atoms with Crippen molar-refractivity contribution in [1.29, 1.82) is 0 Å². The van der Waals surface area contributed by atoms with E-state index < -0.39 is 0 Å². The third kappa shape index (κ3) is 1.97. The van der Waals surface area contributed by atoms with Crippen molar-refractivity contribution in [1.82, 2.24) is 24.4 Å². The summed E-state index contributed by atoms with van der Waals surface area (Å²) >= 11 is 0. The maximum atomic E-state index is 12.8. The third-order valence-electron chi connectivity index (χ3n) is 5.05. The summed E-state index contributed by atoms with van der Waals surface area (Å²) in [4.78, 5) is 14.8. The lowest BCUT2D eigenvalue weighted by Crippen LogP contribution is -2.42. The summed E-state index contributed by atoms with van der Waals surface area (Å²) in [5.74, 6) is 0.120. The molecule has 0 radical (unpaired) electrons. The van der Waals surface area contributed by atoms with Crippen LogP contribution in [0.3, 0.4) is 0 Å². The van der Waals surface area contributed by atoms with E-state index in [1.165, 1.54) is 12.8 Å². The van der Waals surface area contributed by atoms with Crippen molar-refractivity contribution in [3.63, 3.8) is 0 Å². The van der Waals surface area contributed by atoms with E-state index in [1.54, 1.807) is 10.7 Å². The smallest absolute Gasteiger partial charge is 0.259 e. The molecule has 21 heavy (non-hydrogen) atoms. The zero-order valence-electron chi connectivity index (χ0n) is 12.4. The van der Waals surface area contributed by atoms with Gasteiger partial charge in [-0.3, -0.25) is 4.79 Å². The van der Waals surface area contributed by atoms with E-state index in [4.69, 9.17) is 0 Å². The Labute approximate surface area is 123 Å². The maximum Gasteiger partial charge on any atom is 0.259 e. The van der Waals surface area contributed by atoms with E-state index in [9.17, 15) is 4.79 Å². The number of nitrogens with one attached hydrogen (secondary N) is 1. The lowest BCUT2D eigenvalue weighted by molar-refractivity contribution is 0.0765. The van der Waals surface area contributed by atoms with Gasteiger partial charge >= 0.3 is 0 Å². The molecule has 6 heteroatoms. The van der Waals surface area contributed by atoms with Crippen molar-refractivity contribution in [2.24, 2.45) is 12.5 Å². The molecule has 1 atom stereocenters. The fourth-order valence-electron chi connectivity index (χ4n) is 3.86. The molecule has 112 valence electrons. The number of carbonyl (C=O) groups is 1. The van der Waals surface area contributed by atoms with Gasteiger partial charge in [0.15, 0.2) is 0 Å². The molecule has 0 unspecified atom stereocenters. The fourth-order valence-corrected chi connectivity index (χ4v) is 3.86. The Balaban J connectivity index is 1.59. The van der Waals surface area contributed by atoms with Crippen molar-refractivity contribution in [3.05, 3.63) is 24.2 Å². The van der Waals surface area contributed by atoms with E-state index in [0.717, 1.165) is 38.2 Å². The van der Waals surface area contributed by atoms with Gasteiger partial charge in [0.05, 0.1) is 6.20 Å². The first-order valence-electron chi connectivity index (χ1n) is 7.67. The minimum atomic E-state index is 0.120. The zero-order chi connectivity index (χ0) is 14.4. The maximum absolute atomic E-state index is 12.8. The molecule has 0 bridgehead atoms. The number of aryl methyl sites for hydroxylation is 1. The van der Waals surface area contributed by atoms with Gasteiger partial charge in [0.2, 0.25) is 0 Å². The van der Waals surface area contributed by atoms with E-state index in [-0.39, 0.29) is 5.91 Å². The molecular formula is C15H21N5O. The van der Waals surface area contributed by atoms with Gasteiger partial charge in [-0.25, -0.2) is 4.52 Å². The van der Waals surface area contributed by atoms with Crippen LogP contribution in [0.15, 0.2) is 18.6 Å². The first-order chi connectivity index (χ1) is 10.2. The number of piperidine rings is 1. The average Bonchev–Trinajstić information content (AvgIpc) is 3.17. The van der Waals surface area contributed by atoms with Crippen molar-refractivity contribution >= 4 is 11.6 Å². The Bertz CT molecular complexity index is 679. The van der Waals surface area contributed by atoms with Crippen molar-refractivity contribution < 1.29 is 4.79 Å². The molecule has 1 N–H and O–H groups in total. The molecular weight excluding hydrogens is 266 g/mol. The highest BCUT2D eigenvalue weighted by molar-refractivity contribution is 6.00. The lowest BCUT2D eigenvalue weighted by Gasteiger charge is -2.33. The average molecular weight is 287 g/mol. The van der Waals surface area contributed by atoms with Gasteiger partial charge in [-0.05, 0) is 25.8 Å². The van der Waals surface area contributed by atoms with Crippen LogP contribution in [0.5, 0.6) is 0 Å². The predicted molar refractivity (Wildman–Crippen MR) is 79.2 cm³/mol. The molecule has 6 nitrogen and oxygen atoms in total. The van der Waals surface area contributed by atoms with Gasteiger partial charge in [0.25, 0.3) is 5.91 Å². The summed E-state index contributed by atoms with van der Waals surface area (Å²) in [6, 6.07) is 0. The molecule has 2 aromatic heterocycles. The summed E-state index contributed by atoms with van der Waals surface area (Å²) in [7, 11) is 1.95. The van der Waals surface area contributed by atoms with E-state index in [1.807, 2.05) is 28.9 Å². The van der Waals surface area contributed by atoms with Crippen LogP contribution in [0, 0.1) is 5.41 Å². The second kappa shape index (κ2) is 4.59. The molecule has 4 heterocycles. The summed E-state index contributed by atoms with van der Waals surface area (Å²) in [6.07, 6.45) is 9.07. The van der Waals surface area contributed by atoms with Crippen LogP contribution in [0.25, 0.3) is 5.65 Å². The van der Waals surface area contributed by atoms with Crippen molar-refractivity contribution in [2.45, 2.75) is 19.3 Å². The minimum absolute atomic E-state index is 0.120. The second-order valence-corrected chi connectivity index (χ2v) is 6.49. The number of hydrogen-bond acceptors (Lipinski definition) is 3. The molecule has 2 aliphatic heterocycles. The molecule has 2 fully saturated rings. The van der Waals surface area contributed by atoms with Crippen LogP contribution >= 0.6 is 0 Å². The quantitative estimate of drug-likeness (QED) is 0.847. The highest BCUT2D eigenvalue weighted by Gasteiger charge is 2.41. The number of likely N-dealkylation sites (tertiary alicyclic amines) is 1. The number of aromatic nitrogens is 3. The van der Waals surface area contributed by atoms with E-state index >= 15 is 0 Å². The topological polar surface area (TPSA) is 54.6 Å². The number of nitrogens with zero attached hydrogens (tertiary/aromatic N) is 4. The van der Waals surface area contributed by atoms with Gasteiger partial charge in [-0.2, -0.15) is 5.10 Å². The Morgan fingerprint density at radius 3 is 3.10 bits per heavy atom. The molecule has 1 amide bonds. The highest BCUT2D eigenvalue weighted by atomic mass is 16.2. The van der Waals surface area contributed by atoms with Gasteiger partial charge < -0.3 is 14.8 Å². The monoisotopic (exact) mass is 287 g/mol. The fraction of sp³-hybridized carbons (Fsp3) is 0.600. The standard InChI is InChI=1S/C15H21N5O/c1-18-7-8-20-13(18)12(9-17-20)14(21)19-6-4-15(11-19)3-2-5-16-10-15/h7-9,16H,2-6,10-11H2,1H3/t15-/m1/s1. The first kappa shape index (κ1) is 12.9. The number of fused-ring (bicyclic) bond motifs is 1. The minimum Gasteiger partial charge on any atom is -0.338 e. The molecule has 0 aliphatic carbocycles. The summed E-state index contributed by atoms with van der Waals surface area (Å²) in [5, 5.41) is 7.76. The van der Waals surface area contributed by atoms with Gasteiger partial charge in [-0.1, -0.05) is 0 Å². The highest BCUT2D eigenvalue weighted by Crippen LogP contribution is 2.37. The predicted octanol–water partition coefficient (Wildman–Crippen LogP) is 0.889. The Kier molecular flexibility index (Phi) is 2.82. The molecule has 0 aromatic carbocycles. The number of hydrogen-bond donors (Lipinski definition) is 1.